The van der Waals surface area contributed by atoms with Crippen LogP contribution in [0, 0.1) is 5.41 Å². The summed E-state index contributed by atoms with van der Waals surface area (Å²) >= 11 is 0. The van der Waals surface area contributed by atoms with Crippen LogP contribution in [-0.2, 0) is 0 Å². The van der Waals surface area contributed by atoms with Crippen molar-refractivity contribution in [2.75, 3.05) is 0 Å². The Bertz CT molecular complexity index is 419. The van der Waals surface area contributed by atoms with Crippen molar-refractivity contribution in [1.82, 2.24) is 0 Å². The summed E-state index contributed by atoms with van der Waals surface area (Å²) in [5.41, 5.74) is 0.939. The Morgan fingerprint density at radius 2 is 1.81 bits per heavy atom. The molecule has 0 saturated heterocycles. The van der Waals surface area contributed by atoms with Gasteiger partial charge in [0.2, 0.25) is 0 Å². The van der Waals surface area contributed by atoms with Crippen LogP contribution in [-0.4, -0.2) is 10.7 Å². The summed E-state index contributed by atoms with van der Waals surface area (Å²) in [5, 5.41) is 9.55. The van der Waals surface area contributed by atoms with Gasteiger partial charge in [-0.25, -0.2) is 0 Å². The standard InChI is InChI=1S/C14H20O2/c1-9-11-8-10(15)6-7-12(11)16-14(4,5)13(9,2)3/h6-9,15H,1-5H3. The quantitative estimate of drug-likeness (QED) is 0.722. The molecule has 0 aliphatic carbocycles. The predicted molar refractivity (Wildman–Crippen MR) is 65.0 cm³/mol. The zero-order valence-corrected chi connectivity index (χ0v) is 10.7. The smallest absolute Gasteiger partial charge is 0.123 e. The molecule has 0 fully saturated rings. The van der Waals surface area contributed by atoms with E-state index in [1.165, 1.54) is 0 Å². The Kier molecular flexibility index (Phi) is 2.23. The number of fused-ring (bicyclic) bond motifs is 1. The number of hydrogen-bond acceptors (Lipinski definition) is 2. The van der Waals surface area contributed by atoms with Gasteiger partial charge in [0.15, 0.2) is 0 Å². The van der Waals surface area contributed by atoms with Crippen molar-refractivity contribution in [3.63, 3.8) is 0 Å². The fourth-order valence-electron chi connectivity index (χ4n) is 2.28. The van der Waals surface area contributed by atoms with Gasteiger partial charge < -0.3 is 9.84 Å². The summed E-state index contributed by atoms with van der Waals surface area (Å²) in [6, 6.07) is 5.36. The third-order valence-corrected chi connectivity index (χ3v) is 4.46. The lowest BCUT2D eigenvalue weighted by Crippen LogP contribution is -2.50. The molecular weight excluding hydrogens is 200 g/mol. The number of phenols is 1. The number of aromatic hydroxyl groups is 1. The molecule has 2 nitrogen and oxygen atoms in total. The molecule has 1 aliphatic rings. The molecule has 0 radical (unpaired) electrons. The monoisotopic (exact) mass is 220 g/mol. The highest BCUT2D eigenvalue weighted by molar-refractivity contribution is 5.45. The van der Waals surface area contributed by atoms with Crippen molar-refractivity contribution >= 4 is 0 Å². The zero-order valence-electron chi connectivity index (χ0n) is 10.7. The van der Waals surface area contributed by atoms with Crippen molar-refractivity contribution < 1.29 is 9.84 Å². The predicted octanol–water partition coefficient (Wildman–Crippen LogP) is 3.69. The molecule has 1 heterocycles. The Hall–Kier alpha value is -1.18. The van der Waals surface area contributed by atoms with Crippen LogP contribution in [0.2, 0.25) is 0 Å². The van der Waals surface area contributed by atoms with Crippen LogP contribution in [0.3, 0.4) is 0 Å². The molecule has 0 aromatic heterocycles. The van der Waals surface area contributed by atoms with E-state index in [4.69, 9.17) is 4.74 Å². The molecular formula is C14H20O2. The minimum absolute atomic E-state index is 0.0355. The maximum absolute atomic E-state index is 9.55. The highest BCUT2D eigenvalue weighted by Crippen LogP contribution is 2.52. The molecule has 88 valence electrons. The van der Waals surface area contributed by atoms with Crippen LogP contribution >= 0.6 is 0 Å². The van der Waals surface area contributed by atoms with Gasteiger partial charge in [-0.2, -0.15) is 0 Å². The zero-order chi connectivity index (χ0) is 12.1. The average Bonchev–Trinajstić information content (AvgIpc) is 2.17. The largest absolute Gasteiger partial charge is 0.508 e. The van der Waals surface area contributed by atoms with Gasteiger partial charge in [0.25, 0.3) is 0 Å². The lowest BCUT2D eigenvalue weighted by atomic mass is 9.64. The van der Waals surface area contributed by atoms with E-state index in [1.807, 2.05) is 12.1 Å². The van der Waals surface area contributed by atoms with Gasteiger partial charge in [-0.15, -0.1) is 0 Å². The van der Waals surface area contributed by atoms with Crippen LogP contribution in [0.5, 0.6) is 11.5 Å². The number of hydrogen-bond donors (Lipinski definition) is 1. The van der Waals surface area contributed by atoms with Gasteiger partial charge in [0, 0.05) is 11.0 Å². The molecule has 0 spiro atoms. The maximum Gasteiger partial charge on any atom is 0.123 e. The lowest BCUT2D eigenvalue weighted by Gasteiger charge is -2.50. The number of rotatable bonds is 0. The van der Waals surface area contributed by atoms with Crippen molar-refractivity contribution in [3.05, 3.63) is 23.8 Å². The molecule has 1 aromatic carbocycles. The highest BCUT2D eigenvalue weighted by atomic mass is 16.5. The fraction of sp³-hybridized carbons (Fsp3) is 0.571. The van der Waals surface area contributed by atoms with Crippen LogP contribution in [0.15, 0.2) is 18.2 Å². The van der Waals surface area contributed by atoms with Crippen molar-refractivity contribution in [3.8, 4) is 11.5 Å². The second-order valence-corrected chi connectivity index (χ2v) is 5.78. The summed E-state index contributed by atoms with van der Waals surface area (Å²) in [7, 11) is 0. The van der Waals surface area contributed by atoms with Crippen LogP contribution in [0.25, 0.3) is 0 Å². The summed E-state index contributed by atoms with van der Waals surface area (Å²) in [6.45, 7) is 10.9. The second-order valence-electron chi connectivity index (χ2n) is 5.78. The molecule has 16 heavy (non-hydrogen) atoms. The van der Waals surface area contributed by atoms with Gasteiger partial charge >= 0.3 is 0 Å². The number of ether oxygens (including phenoxy) is 1. The second kappa shape index (κ2) is 3.16. The molecule has 0 bridgehead atoms. The van der Waals surface area contributed by atoms with Crippen LogP contribution in [0.4, 0.5) is 0 Å². The van der Waals surface area contributed by atoms with Gasteiger partial charge in [-0.1, -0.05) is 20.8 Å². The SMILES string of the molecule is CC1c2cc(O)ccc2OC(C)(C)C1(C)C. The third kappa shape index (κ3) is 1.40. The lowest BCUT2D eigenvalue weighted by molar-refractivity contribution is -0.0432. The van der Waals surface area contributed by atoms with Gasteiger partial charge in [-0.3, -0.25) is 0 Å². The molecule has 1 unspecified atom stereocenters. The average molecular weight is 220 g/mol. The topological polar surface area (TPSA) is 29.5 Å². The molecule has 1 aromatic rings. The first-order chi connectivity index (χ1) is 7.25. The number of phenolic OH excluding ortho intramolecular Hbond substituents is 1. The molecule has 2 heteroatoms. The summed E-state index contributed by atoms with van der Waals surface area (Å²) in [5.74, 6) is 1.57. The van der Waals surface area contributed by atoms with Gasteiger partial charge in [-0.05, 0) is 38.0 Å². The Balaban J connectivity index is 2.58. The van der Waals surface area contributed by atoms with Crippen LogP contribution < -0.4 is 4.74 Å². The van der Waals surface area contributed by atoms with E-state index in [2.05, 4.69) is 34.6 Å². The van der Waals surface area contributed by atoms with Gasteiger partial charge in [0.1, 0.15) is 17.1 Å². The maximum atomic E-state index is 9.55. The molecule has 2 rings (SSSR count). The molecule has 0 saturated carbocycles. The van der Waals surface area contributed by atoms with E-state index in [1.54, 1.807) is 6.07 Å². The summed E-state index contributed by atoms with van der Waals surface area (Å²) < 4.78 is 6.05. The summed E-state index contributed by atoms with van der Waals surface area (Å²) in [4.78, 5) is 0. The van der Waals surface area contributed by atoms with E-state index >= 15 is 0 Å². The van der Waals surface area contributed by atoms with E-state index in [0.717, 1.165) is 11.3 Å². The Morgan fingerprint density at radius 1 is 1.19 bits per heavy atom. The highest BCUT2D eigenvalue weighted by Gasteiger charge is 2.48. The fourth-order valence-corrected chi connectivity index (χ4v) is 2.28. The number of benzene rings is 1. The third-order valence-electron chi connectivity index (χ3n) is 4.46. The normalized spacial score (nSPS) is 25.7. The van der Waals surface area contributed by atoms with E-state index in [0.29, 0.717) is 11.7 Å². The van der Waals surface area contributed by atoms with E-state index < -0.39 is 0 Å². The van der Waals surface area contributed by atoms with Crippen molar-refractivity contribution in [1.29, 1.82) is 0 Å². The van der Waals surface area contributed by atoms with E-state index in [-0.39, 0.29) is 11.0 Å². The van der Waals surface area contributed by atoms with E-state index in [9.17, 15) is 5.11 Å². The van der Waals surface area contributed by atoms with Crippen LogP contribution in [0.1, 0.15) is 46.1 Å². The molecule has 1 N–H and O–H groups in total. The minimum Gasteiger partial charge on any atom is -0.508 e. The summed E-state index contributed by atoms with van der Waals surface area (Å²) in [6.07, 6.45) is 0. The molecule has 0 amide bonds. The Morgan fingerprint density at radius 3 is 2.44 bits per heavy atom. The minimum atomic E-state index is -0.198. The van der Waals surface area contributed by atoms with Crippen molar-refractivity contribution in [2.45, 2.75) is 46.1 Å². The first kappa shape index (κ1) is 11.3. The first-order valence-corrected chi connectivity index (χ1v) is 5.77. The molecule has 1 aliphatic heterocycles. The first-order valence-electron chi connectivity index (χ1n) is 5.77. The van der Waals surface area contributed by atoms with Gasteiger partial charge in [0.05, 0.1) is 0 Å². The van der Waals surface area contributed by atoms with Crippen molar-refractivity contribution in [2.24, 2.45) is 5.41 Å². The Labute approximate surface area is 97.3 Å². The molecule has 1 atom stereocenters.